The van der Waals surface area contributed by atoms with Crippen molar-refractivity contribution in [2.45, 2.75) is 84.9 Å². The number of allylic oxidation sites excluding steroid dienone is 2. The molecule has 0 unspecified atom stereocenters. The summed E-state index contributed by atoms with van der Waals surface area (Å²) in [7, 11) is 0. The molecule has 32 heavy (non-hydrogen) atoms. The van der Waals surface area contributed by atoms with Crippen molar-refractivity contribution in [3.8, 4) is 0 Å². The van der Waals surface area contributed by atoms with Crippen LogP contribution < -0.4 is 0 Å². The van der Waals surface area contributed by atoms with Gasteiger partial charge >= 0.3 is 0 Å². The van der Waals surface area contributed by atoms with Crippen molar-refractivity contribution in [3.05, 3.63) is 59.2 Å². The van der Waals surface area contributed by atoms with Crippen molar-refractivity contribution in [3.63, 3.8) is 0 Å². The van der Waals surface area contributed by atoms with E-state index in [0.717, 1.165) is 51.9 Å². The molecule has 1 aromatic carbocycles. The number of aliphatic hydroxyl groups is 1. The summed E-state index contributed by atoms with van der Waals surface area (Å²) in [6, 6.07) is 9.93. The molecule has 1 N–H and O–H groups in total. The van der Waals surface area contributed by atoms with Crippen LogP contribution in [-0.2, 0) is 11.2 Å². The topological polar surface area (TPSA) is 32.7 Å². The van der Waals surface area contributed by atoms with Crippen LogP contribution in [0.5, 0.6) is 0 Å². The standard InChI is InChI=1S/C29H45NO2/c1-21(2)30(22(3)4)14-9-15-32-20-25-17-26-19-29(31)27(28(26)18-25)13-7-6-11-24-12-8-10-23(5)16-24/h7-8,10,12-13,16-17,21-22,26-29,31H,6,9,11,14-15,18-20H2,1-5H3/t26-,27+,28-,29+/m0/s1. The predicted molar refractivity (Wildman–Crippen MR) is 135 cm³/mol. The lowest BCUT2D eigenvalue weighted by Gasteiger charge is -2.30. The van der Waals surface area contributed by atoms with E-state index in [9.17, 15) is 5.11 Å². The minimum Gasteiger partial charge on any atom is -0.392 e. The third-order valence-electron chi connectivity index (χ3n) is 7.31. The maximum Gasteiger partial charge on any atom is 0.0676 e. The highest BCUT2D eigenvalue weighted by Gasteiger charge is 2.43. The molecule has 3 nitrogen and oxygen atoms in total. The fourth-order valence-corrected chi connectivity index (χ4v) is 5.75. The summed E-state index contributed by atoms with van der Waals surface area (Å²) >= 11 is 0. The Kier molecular flexibility index (Phi) is 9.58. The van der Waals surface area contributed by atoms with Gasteiger partial charge in [0.1, 0.15) is 0 Å². The number of aliphatic hydroxyl groups excluding tert-OH is 1. The number of nitrogens with zero attached hydrogens (tertiary/aromatic N) is 1. The molecule has 4 atom stereocenters. The van der Waals surface area contributed by atoms with Crippen LogP contribution in [0.15, 0.2) is 48.1 Å². The summed E-state index contributed by atoms with van der Waals surface area (Å²) in [6.45, 7) is 13.9. The molecule has 0 heterocycles. The molecule has 0 bridgehead atoms. The average Bonchev–Trinajstić information content (AvgIpc) is 3.24. The zero-order valence-corrected chi connectivity index (χ0v) is 21.0. The second kappa shape index (κ2) is 12.2. The molecule has 0 aliphatic heterocycles. The molecule has 0 spiro atoms. The molecule has 1 fully saturated rings. The Morgan fingerprint density at radius 1 is 1.19 bits per heavy atom. The summed E-state index contributed by atoms with van der Waals surface area (Å²) in [6.07, 6.45) is 12.0. The van der Waals surface area contributed by atoms with Gasteiger partial charge in [-0.15, -0.1) is 0 Å². The molecule has 1 aromatic rings. The first kappa shape index (κ1) is 25.2. The van der Waals surface area contributed by atoms with Gasteiger partial charge in [0, 0.05) is 31.2 Å². The Morgan fingerprint density at radius 3 is 2.69 bits per heavy atom. The number of hydrogen-bond donors (Lipinski definition) is 1. The summed E-state index contributed by atoms with van der Waals surface area (Å²) in [5.74, 6) is 1.36. The minimum atomic E-state index is -0.197. The molecule has 0 aromatic heterocycles. The van der Waals surface area contributed by atoms with Crippen LogP contribution in [0.2, 0.25) is 0 Å². The number of hydrogen-bond acceptors (Lipinski definition) is 3. The Labute approximate surface area is 196 Å². The van der Waals surface area contributed by atoms with Crippen LogP contribution in [-0.4, -0.2) is 48.0 Å². The van der Waals surface area contributed by atoms with Crippen LogP contribution >= 0.6 is 0 Å². The van der Waals surface area contributed by atoms with E-state index in [1.165, 1.54) is 16.7 Å². The van der Waals surface area contributed by atoms with Gasteiger partial charge in [-0.05, 0) is 89.7 Å². The molecule has 0 amide bonds. The van der Waals surface area contributed by atoms with Gasteiger partial charge in [0.25, 0.3) is 0 Å². The van der Waals surface area contributed by atoms with E-state index >= 15 is 0 Å². The van der Waals surface area contributed by atoms with Gasteiger partial charge in [0.05, 0.1) is 12.7 Å². The van der Waals surface area contributed by atoms with Crippen LogP contribution in [0.1, 0.15) is 64.5 Å². The fourth-order valence-electron chi connectivity index (χ4n) is 5.75. The Bertz CT molecular complexity index is 758. The van der Waals surface area contributed by atoms with E-state index in [4.69, 9.17) is 4.74 Å². The first-order chi connectivity index (χ1) is 15.3. The summed E-state index contributed by atoms with van der Waals surface area (Å²) in [5, 5.41) is 10.6. The number of aryl methyl sites for hydroxylation is 2. The van der Waals surface area contributed by atoms with Crippen LogP contribution in [0.3, 0.4) is 0 Å². The Morgan fingerprint density at radius 2 is 1.97 bits per heavy atom. The van der Waals surface area contributed by atoms with Crippen LogP contribution in [0.25, 0.3) is 0 Å². The highest BCUT2D eigenvalue weighted by Crippen LogP contribution is 2.47. The Balaban J connectivity index is 1.39. The van der Waals surface area contributed by atoms with E-state index in [1.54, 1.807) is 0 Å². The van der Waals surface area contributed by atoms with Gasteiger partial charge in [-0.1, -0.05) is 48.1 Å². The fraction of sp³-hybridized carbons (Fsp3) is 0.655. The highest BCUT2D eigenvalue weighted by atomic mass is 16.5. The van der Waals surface area contributed by atoms with E-state index in [-0.39, 0.29) is 12.0 Å². The van der Waals surface area contributed by atoms with Gasteiger partial charge in [0.2, 0.25) is 0 Å². The number of ether oxygens (including phenoxy) is 1. The van der Waals surface area contributed by atoms with E-state index in [0.29, 0.717) is 23.9 Å². The lowest BCUT2D eigenvalue weighted by atomic mass is 9.89. The highest BCUT2D eigenvalue weighted by molar-refractivity contribution is 5.23. The summed E-state index contributed by atoms with van der Waals surface area (Å²) in [5.41, 5.74) is 4.16. The van der Waals surface area contributed by atoms with Gasteiger partial charge in [-0.25, -0.2) is 0 Å². The molecule has 3 rings (SSSR count). The first-order valence-corrected chi connectivity index (χ1v) is 12.8. The molecular weight excluding hydrogens is 394 g/mol. The predicted octanol–water partition coefficient (Wildman–Crippen LogP) is 5.95. The SMILES string of the molecule is Cc1cccc(CCC=C[C@@H]2[C@H]3CC(COCCCN(C(C)C)C(C)C)=C[C@H]3C[C@H]2O)c1. The second-order valence-electron chi connectivity index (χ2n) is 10.5. The third-order valence-corrected chi connectivity index (χ3v) is 7.31. The van der Waals surface area contributed by atoms with Crippen molar-refractivity contribution in [1.82, 2.24) is 4.90 Å². The number of fused-ring (bicyclic) bond motifs is 1. The Hall–Kier alpha value is -1.42. The minimum absolute atomic E-state index is 0.197. The normalized spacial score (nSPS) is 25.5. The second-order valence-corrected chi connectivity index (χ2v) is 10.5. The van der Waals surface area contributed by atoms with Crippen molar-refractivity contribution in [2.75, 3.05) is 19.8 Å². The average molecular weight is 440 g/mol. The largest absolute Gasteiger partial charge is 0.392 e. The van der Waals surface area contributed by atoms with Crippen LogP contribution in [0.4, 0.5) is 0 Å². The van der Waals surface area contributed by atoms with Gasteiger partial charge < -0.3 is 9.84 Å². The number of rotatable bonds is 12. The van der Waals surface area contributed by atoms with Gasteiger partial charge in [0.15, 0.2) is 0 Å². The first-order valence-electron chi connectivity index (χ1n) is 12.8. The lowest BCUT2D eigenvalue weighted by Crippen LogP contribution is -2.38. The maximum atomic E-state index is 10.6. The van der Waals surface area contributed by atoms with E-state index in [2.05, 4.69) is 82.0 Å². The van der Waals surface area contributed by atoms with Gasteiger partial charge in [-0.3, -0.25) is 4.90 Å². The monoisotopic (exact) mass is 439 g/mol. The molecule has 3 heteroatoms. The third kappa shape index (κ3) is 7.04. The quantitative estimate of drug-likeness (QED) is 0.322. The lowest BCUT2D eigenvalue weighted by molar-refractivity contribution is 0.115. The van der Waals surface area contributed by atoms with Gasteiger partial charge in [-0.2, -0.15) is 0 Å². The zero-order valence-electron chi connectivity index (χ0n) is 21.0. The van der Waals surface area contributed by atoms with Crippen LogP contribution in [0, 0.1) is 24.7 Å². The van der Waals surface area contributed by atoms with Crippen molar-refractivity contribution >= 4 is 0 Å². The van der Waals surface area contributed by atoms with E-state index < -0.39 is 0 Å². The van der Waals surface area contributed by atoms with Crippen molar-refractivity contribution in [1.29, 1.82) is 0 Å². The molecule has 178 valence electrons. The number of benzene rings is 1. The van der Waals surface area contributed by atoms with Crippen molar-refractivity contribution < 1.29 is 9.84 Å². The summed E-state index contributed by atoms with van der Waals surface area (Å²) < 4.78 is 6.04. The molecule has 0 radical (unpaired) electrons. The van der Waals surface area contributed by atoms with E-state index in [1.807, 2.05) is 0 Å². The molecule has 2 aliphatic carbocycles. The molecular formula is C29H45NO2. The molecule has 2 aliphatic rings. The summed E-state index contributed by atoms with van der Waals surface area (Å²) in [4.78, 5) is 2.53. The van der Waals surface area contributed by atoms with Crippen molar-refractivity contribution in [2.24, 2.45) is 17.8 Å². The molecule has 1 saturated carbocycles. The zero-order chi connectivity index (χ0) is 23.1. The smallest absolute Gasteiger partial charge is 0.0676 e. The maximum absolute atomic E-state index is 10.6. The molecule has 0 saturated heterocycles.